The Morgan fingerprint density at radius 3 is 2.72 bits per heavy atom. The molecule has 4 heteroatoms. The van der Waals surface area contributed by atoms with Gasteiger partial charge in [-0.15, -0.1) is 0 Å². The molecule has 126 valence electrons. The van der Waals surface area contributed by atoms with Crippen molar-refractivity contribution in [3.63, 3.8) is 0 Å². The summed E-state index contributed by atoms with van der Waals surface area (Å²) in [5.41, 5.74) is 3.60. The van der Waals surface area contributed by atoms with Crippen molar-refractivity contribution in [2.24, 2.45) is 0 Å². The zero-order valence-corrected chi connectivity index (χ0v) is 14.1. The average molecular weight is 332 g/mol. The fraction of sp³-hybridized carbons (Fsp3) is 0.143. The van der Waals surface area contributed by atoms with Crippen molar-refractivity contribution in [1.29, 1.82) is 0 Å². The van der Waals surface area contributed by atoms with Crippen LogP contribution in [0.4, 0.5) is 0 Å². The van der Waals surface area contributed by atoms with Crippen LogP contribution in [0, 0.1) is 6.92 Å². The lowest BCUT2D eigenvalue weighted by Crippen LogP contribution is -2.22. The molecule has 0 radical (unpaired) electrons. The first-order chi connectivity index (χ1) is 12.2. The number of hydrogen-bond acceptors (Lipinski definition) is 3. The number of aryl methyl sites for hydroxylation is 1. The molecule has 25 heavy (non-hydrogen) atoms. The Bertz CT molecular complexity index is 847. The molecule has 2 aromatic carbocycles. The Labute approximate surface area is 147 Å². The second-order valence-corrected chi connectivity index (χ2v) is 5.81. The summed E-state index contributed by atoms with van der Waals surface area (Å²) in [5.74, 6) is 0.677. The summed E-state index contributed by atoms with van der Waals surface area (Å²) in [6, 6.07) is 21.0. The van der Waals surface area contributed by atoms with Crippen molar-refractivity contribution in [1.82, 2.24) is 10.3 Å². The molecule has 1 aromatic heterocycles. The summed E-state index contributed by atoms with van der Waals surface area (Å²) in [7, 11) is 0. The van der Waals surface area contributed by atoms with E-state index in [9.17, 15) is 4.79 Å². The number of nitrogens with one attached hydrogen (secondary N) is 1. The van der Waals surface area contributed by atoms with Crippen LogP contribution in [0.15, 0.2) is 72.9 Å². The molecule has 0 atom stereocenters. The van der Waals surface area contributed by atoms with Crippen LogP contribution in [0.25, 0.3) is 0 Å². The zero-order chi connectivity index (χ0) is 17.5. The van der Waals surface area contributed by atoms with Crippen LogP contribution in [-0.4, -0.2) is 10.9 Å². The smallest absolute Gasteiger partial charge is 0.251 e. The Balaban J connectivity index is 1.57. The Hall–Kier alpha value is -3.14. The molecule has 0 aliphatic rings. The summed E-state index contributed by atoms with van der Waals surface area (Å²) in [4.78, 5) is 16.4. The van der Waals surface area contributed by atoms with E-state index in [-0.39, 0.29) is 5.91 Å². The largest absolute Gasteiger partial charge is 0.487 e. The summed E-state index contributed by atoms with van der Waals surface area (Å²) >= 11 is 0. The van der Waals surface area contributed by atoms with Gasteiger partial charge in [0, 0.05) is 18.3 Å². The normalized spacial score (nSPS) is 10.3. The van der Waals surface area contributed by atoms with Gasteiger partial charge in [0.25, 0.3) is 5.91 Å². The van der Waals surface area contributed by atoms with Crippen LogP contribution >= 0.6 is 0 Å². The van der Waals surface area contributed by atoms with E-state index >= 15 is 0 Å². The first kappa shape index (κ1) is 16.7. The molecule has 0 unspecified atom stereocenters. The average Bonchev–Trinajstić information content (AvgIpc) is 2.66. The van der Waals surface area contributed by atoms with Crippen molar-refractivity contribution in [2.75, 3.05) is 0 Å². The van der Waals surface area contributed by atoms with Gasteiger partial charge in [-0.05, 0) is 48.9 Å². The third kappa shape index (κ3) is 4.91. The Morgan fingerprint density at radius 1 is 1.04 bits per heavy atom. The van der Waals surface area contributed by atoms with Gasteiger partial charge < -0.3 is 10.1 Å². The van der Waals surface area contributed by atoms with Gasteiger partial charge >= 0.3 is 0 Å². The summed E-state index contributed by atoms with van der Waals surface area (Å²) in [6.07, 6.45) is 1.75. The van der Waals surface area contributed by atoms with E-state index in [0.717, 1.165) is 22.6 Å². The molecular formula is C21H20N2O2. The van der Waals surface area contributed by atoms with Crippen LogP contribution in [-0.2, 0) is 13.2 Å². The van der Waals surface area contributed by atoms with E-state index in [1.54, 1.807) is 6.20 Å². The topological polar surface area (TPSA) is 51.2 Å². The second-order valence-electron chi connectivity index (χ2n) is 5.81. The van der Waals surface area contributed by atoms with Gasteiger partial charge in [-0.2, -0.15) is 0 Å². The SMILES string of the molecule is Cc1cccc(C(=O)NCc2cccc(OCc3ccccn3)c2)c1. The van der Waals surface area contributed by atoms with Crippen molar-refractivity contribution in [2.45, 2.75) is 20.1 Å². The van der Waals surface area contributed by atoms with E-state index in [0.29, 0.717) is 18.7 Å². The number of pyridine rings is 1. The van der Waals surface area contributed by atoms with E-state index in [1.807, 2.05) is 73.7 Å². The predicted octanol–water partition coefficient (Wildman–Crippen LogP) is 3.90. The van der Waals surface area contributed by atoms with Gasteiger partial charge in [0.2, 0.25) is 0 Å². The third-order valence-corrected chi connectivity index (χ3v) is 3.74. The quantitative estimate of drug-likeness (QED) is 0.745. The van der Waals surface area contributed by atoms with Crippen LogP contribution in [0.2, 0.25) is 0 Å². The molecule has 0 aliphatic carbocycles. The number of carbonyl (C=O) groups is 1. The summed E-state index contributed by atoms with van der Waals surface area (Å²) in [5, 5.41) is 2.94. The van der Waals surface area contributed by atoms with E-state index in [2.05, 4.69) is 10.3 Å². The van der Waals surface area contributed by atoms with Gasteiger partial charge in [-0.1, -0.05) is 35.9 Å². The predicted molar refractivity (Wildman–Crippen MR) is 97.4 cm³/mol. The second kappa shape index (κ2) is 8.11. The Kier molecular flexibility index (Phi) is 5.42. The molecular weight excluding hydrogens is 312 g/mol. The van der Waals surface area contributed by atoms with E-state index in [4.69, 9.17) is 4.74 Å². The molecule has 1 heterocycles. The number of aromatic nitrogens is 1. The van der Waals surface area contributed by atoms with Crippen molar-refractivity contribution < 1.29 is 9.53 Å². The lowest BCUT2D eigenvalue weighted by atomic mass is 10.1. The molecule has 0 fully saturated rings. The number of nitrogens with zero attached hydrogens (tertiary/aromatic N) is 1. The highest BCUT2D eigenvalue weighted by Crippen LogP contribution is 2.15. The molecule has 0 saturated heterocycles. The maximum Gasteiger partial charge on any atom is 0.251 e. The molecule has 0 aliphatic heterocycles. The van der Waals surface area contributed by atoms with E-state index < -0.39 is 0 Å². The minimum Gasteiger partial charge on any atom is -0.487 e. The first-order valence-corrected chi connectivity index (χ1v) is 8.17. The standard InChI is InChI=1S/C21H20N2O2/c1-16-6-4-8-18(12-16)21(24)23-14-17-7-5-10-20(13-17)25-15-19-9-2-3-11-22-19/h2-13H,14-15H2,1H3,(H,23,24). The number of amides is 1. The molecule has 3 rings (SSSR count). The molecule has 1 amide bonds. The first-order valence-electron chi connectivity index (χ1n) is 8.17. The molecule has 0 saturated carbocycles. The fourth-order valence-electron chi connectivity index (χ4n) is 2.46. The van der Waals surface area contributed by atoms with Gasteiger partial charge in [0.15, 0.2) is 0 Å². The van der Waals surface area contributed by atoms with Gasteiger partial charge in [0.1, 0.15) is 12.4 Å². The fourth-order valence-corrected chi connectivity index (χ4v) is 2.46. The zero-order valence-electron chi connectivity index (χ0n) is 14.1. The lowest BCUT2D eigenvalue weighted by Gasteiger charge is -2.09. The minimum absolute atomic E-state index is 0.0801. The van der Waals surface area contributed by atoms with Gasteiger partial charge in [0.05, 0.1) is 5.69 Å². The summed E-state index contributed by atoms with van der Waals surface area (Å²) in [6.45, 7) is 2.84. The highest BCUT2D eigenvalue weighted by atomic mass is 16.5. The molecule has 0 bridgehead atoms. The third-order valence-electron chi connectivity index (χ3n) is 3.74. The van der Waals surface area contributed by atoms with Crippen molar-refractivity contribution in [3.8, 4) is 5.75 Å². The number of benzene rings is 2. The highest BCUT2D eigenvalue weighted by molar-refractivity contribution is 5.94. The highest BCUT2D eigenvalue weighted by Gasteiger charge is 2.05. The molecule has 3 aromatic rings. The van der Waals surface area contributed by atoms with Crippen molar-refractivity contribution >= 4 is 5.91 Å². The van der Waals surface area contributed by atoms with Crippen molar-refractivity contribution in [3.05, 3.63) is 95.3 Å². The monoisotopic (exact) mass is 332 g/mol. The lowest BCUT2D eigenvalue weighted by molar-refractivity contribution is 0.0950. The van der Waals surface area contributed by atoms with Crippen LogP contribution in [0.5, 0.6) is 5.75 Å². The van der Waals surface area contributed by atoms with E-state index in [1.165, 1.54) is 0 Å². The van der Waals surface area contributed by atoms with Crippen LogP contribution < -0.4 is 10.1 Å². The number of ether oxygens (including phenoxy) is 1. The molecule has 4 nitrogen and oxygen atoms in total. The Morgan fingerprint density at radius 2 is 1.92 bits per heavy atom. The number of hydrogen-bond donors (Lipinski definition) is 1. The molecule has 0 spiro atoms. The maximum atomic E-state index is 12.2. The molecule has 1 N–H and O–H groups in total. The minimum atomic E-state index is -0.0801. The summed E-state index contributed by atoms with van der Waals surface area (Å²) < 4.78 is 5.76. The van der Waals surface area contributed by atoms with Gasteiger partial charge in [-0.25, -0.2) is 0 Å². The van der Waals surface area contributed by atoms with Gasteiger partial charge in [-0.3, -0.25) is 9.78 Å². The number of carbonyl (C=O) groups excluding carboxylic acids is 1. The van der Waals surface area contributed by atoms with Crippen LogP contribution in [0.1, 0.15) is 27.2 Å². The van der Waals surface area contributed by atoms with Crippen LogP contribution in [0.3, 0.4) is 0 Å². The maximum absolute atomic E-state index is 12.2. The number of rotatable bonds is 6.